The van der Waals surface area contributed by atoms with Crippen LogP contribution in [0.3, 0.4) is 0 Å². The number of likely N-dealkylation sites (N-methyl/N-ethyl adjacent to an activating group) is 1. The van der Waals surface area contributed by atoms with Gasteiger partial charge in [0, 0.05) is 18.1 Å². The summed E-state index contributed by atoms with van der Waals surface area (Å²) in [7, 11) is 1.96. The summed E-state index contributed by atoms with van der Waals surface area (Å²) < 4.78 is 0. The Kier molecular flexibility index (Phi) is 5.85. The Morgan fingerprint density at radius 1 is 1.43 bits per heavy atom. The molecule has 1 amide bonds. The average Bonchev–Trinajstić information content (AvgIpc) is 2.94. The van der Waals surface area contributed by atoms with E-state index in [1.807, 2.05) is 11.9 Å². The van der Waals surface area contributed by atoms with Crippen molar-refractivity contribution < 1.29 is 4.79 Å². The van der Waals surface area contributed by atoms with Crippen LogP contribution in [0, 0.1) is 0 Å². The van der Waals surface area contributed by atoms with Gasteiger partial charge in [0.15, 0.2) is 0 Å². The lowest BCUT2D eigenvalue weighted by Gasteiger charge is -2.21. The largest absolute Gasteiger partial charge is 0.397 e. The number of anilines is 2. The van der Waals surface area contributed by atoms with E-state index < -0.39 is 0 Å². The second-order valence-corrected chi connectivity index (χ2v) is 6.00. The van der Waals surface area contributed by atoms with Gasteiger partial charge in [-0.25, -0.2) is 0 Å². The fourth-order valence-electron chi connectivity index (χ4n) is 2.47. The fraction of sp³-hybridized carbons (Fsp3) is 0.533. The molecule has 0 radical (unpaired) electrons. The molecule has 1 aromatic carbocycles. The molecule has 1 aromatic rings. The van der Waals surface area contributed by atoms with Crippen molar-refractivity contribution >= 4 is 28.9 Å². The van der Waals surface area contributed by atoms with Crippen LogP contribution >= 0.6 is 11.6 Å². The van der Waals surface area contributed by atoms with Gasteiger partial charge >= 0.3 is 0 Å². The van der Waals surface area contributed by atoms with E-state index in [0.29, 0.717) is 22.9 Å². The third kappa shape index (κ3) is 5.19. The fourth-order valence-corrected chi connectivity index (χ4v) is 2.64. The lowest BCUT2D eigenvalue weighted by atomic mass is 10.2. The monoisotopic (exact) mass is 310 g/mol. The van der Waals surface area contributed by atoms with Crippen molar-refractivity contribution in [3.05, 3.63) is 23.2 Å². The molecule has 0 aliphatic carbocycles. The molecule has 21 heavy (non-hydrogen) atoms. The van der Waals surface area contributed by atoms with Gasteiger partial charge in [0.1, 0.15) is 0 Å². The van der Waals surface area contributed by atoms with E-state index >= 15 is 0 Å². The molecular formula is C15H23ClN4O. The van der Waals surface area contributed by atoms with E-state index in [1.54, 1.807) is 18.2 Å². The molecule has 3 N–H and O–H groups in total. The van der Waals surface area contributed by atoms with E-state index in [0.717, 1.165) is 13.1 Å². The maximum Gasteiger partial charge on any atom is 0.238 e. The molecule has 1 aliphatic heterocycles. The summed E-state index contributed by atoms with van der Waals surface area (Å²) in [5, 5.41) is 3.36. The number of hydrogen-bond donors (Lipinski definition) is 2. The van der Waals surface area contributed by atoms with Crippen molar-refractivity contribution in [1.82, 2.24) is 9.80 Å². The van der Waals surface area contributed by atoms with Gasteiger partial charge in [-0.05, 0) is 51.2 Å². The molecule has 6 heteroatoms. The lowest BCUT2D eigenvalue weighted by Crippen LogP contribution is -2.36. The third-order valence-electron chi connectivity index (χ3n) is 3.70. The molecule has 0 aromatic heterocycles. The highest BCUT2D eigenvalue weighted by molar-refractivity contribution is 6.31. The summed E-state index contributed by atoms with van der Waals surface area (Å²) in [6.45, 7) is 4.61. The Bertz CT molecular complexity index is 489. The first-order chi connectivity index (χ1) is 10.0. The number of nitrogen functional groups attached to an aromatic ring is 1. The molecule has 1 saturated heterocycles. The van der Waals surface area contributed by atoms with Crippen LogP contribution in [0.5, 0.6) is 0 Å². The summed E-state index contributed by atoms with van der Waals surface area (Å²) in [5.41, 5.74) is 6.91. The van der Waals surface area contributed by atoms with Gasteiger partial charge in [-0.15, -0.1) is 0 Å². The van der Waals surface area contributed by atoms with Gasteiger partial charge in [0.25, 0.3) is 0 Å². The number of nitrogens with two attached hydrogens (primary N) is 1. The first-order valence-electron chi connectivity index (χ1n) is 7.30. The number of nitrogens with zero attached hydrogens (tertiary/aromatic N) is 2. The smallest absolute Gasteiger partial charge is 0.238 e. The van der Waals surface area contributed by atoms with Crippen LogP contribution in [-0.4, -0.2) is 55.5 Å². The number of nitrogens with one attached hydrogen (secondary N) is 1. The second-order valence-electron chi connectivity index (χ2n) is 5.57. The maximum absolute atomic E-state index is 12.0. The van der Waals surface area contributed by atoms with Crippen LogP contribution in [0.4, 0.5) is 11.4 Å². The van der Waals surface area contributed by atoms with Crippen molar-refractivity contribution in [2.24, 2.45) is 0 Å². The Morgan fingerprint density at radius 3 is 2.86 bits per heavy atom. The highest BCUT2D eigenvalue weighted by Crippen LogP contribution is 2.22. The first-order valence-corrected chi connectivity index (χ1v) is 7.68. The number of rotatable bonds is 6. The Morgan fingerprint density at radius 2 is 2.14 bits per heavy atom. The van der Waals surface area contributed by atoms with E-state index in [1.165, 1.54) is 25.9 Å². The zero-order chi connectivity index (χ0) is 15.2. The molecule has 0 saturated carbocycles. The van der Waals surface area contributed by atoms with Crippen LogP contribution in [0.25, 0.3) is 0 Å². The minimum absolute atomic E-state index is 0.0760. The summed E-state index contributed by atoms with van der Waals surface area (Å²) >= 11 is 5.91. The molecule has 0 unspecified atom stereocenters. The molecule has 0 spiro atoms. The van der Waals surface area contributed by atoms with Crippen molar-refractivity contribution in [2.75, 3.05) is 50.8 Å². The zero-order valence-corrected chi connectivity index (χ0v) is 13.2. The number of amides is 1. The minimum Gasteiger partial charge on any atom is -0.397 e. The highest BCUT2D eigenvalue weighted by atomic mass is 35.5. The van der Waals surface area contributed by atoms with Crippen molar-refractivity contribution in [1.29, 1.82) is 0 Å². The van der Waals surface area contributed by atoms with Crippen LogP contribution in [-0.2, 0) is 4.79 Å². The van der Waals surface area contributed by atoms with E-state index in [9.17, 15) is 4.79 Å². The van der Waals surface area contributed by atoms with Gasteiger partial charge in [0.2, 0.25) is 5.91 Å². The minimum atomic E-state index is -0.0760. The second kappa shape index (κ2) is 7.64. The van der Waals surface area contributed by atoms with Crippen molar-refractivity contribution in [2.45, 2.75) is 12.8 Å². The van der Waals surface area contributed by atoms with E-state index in [-0.39, 0.29) is 5.91 Å². The third-order valence-corrected chi connectivity index (χ3v) is 3.93. The van der Waals surface area contributed by atoms with Crippen LogP contribution < -0.4 is 11.1 Å². The van der Waals surface area contributed by atoms with Crippen LogP contribution in [0.15, 0.2) is 18.2 Å². The first kappa shape index (κ1) is 16.1. The predicted molar refractivity (Wildman–Crippen MR) is 87.7 cm³/mol. The van der Waals surface area contributed by atoms with Crippen LogP contribution in [0.1, 0.15) is 12.8 Å². The quantitative estimate of drug-likeness (QED) is 0.788. The predicted octanol–water partition coefficient (Wildman–Crippen LogP) is 1.89. The van der Waals surface area contributed by atoms with Gasteiger partial charge in [-0.2, -0.15) is 0 Å². The normalized spacial score (nSPS) is 15.6. The van der Waals surface area contributed by atoms with E-state index in [4.69, 9.17) is 17.3 Å². The number of carbonyl (C=O) groups is 1. The number of benzene rings is 1. The Hall–Kier alpha value is -1.30. The van der Waals surface area contributed by atoms with Gasteiger partial charge in [-0.1, -0.05) is 11.6 Å². The highest BCUT2D eigenvalue weighted by Gasteiger charge is 2.13. The molecule has 2 rings (SSSR count). The van der Waals surface area contributed by atoms with Gasteiger partial charge in [0.05, 0.1) is 17.9 Å². The summed E-state index contributed by atoms with van der Waals surface area (Å²) in [6, 6.07) is 5.06. The summed E-state index contributed by atoms with van der Waals surface area (Å²) in [5.74, 6) is -0.0760. The van der Waals surface area contributed by atoms with Crippen LogP contribution in [0.2, 0.25) is 5.02 Å². The van der Waals surface area contributed by atoms with Crippen molar-refractivity contribution in [3.63, 3.8) is 0 Å². The SMILES string of the molecule is CN(CCN1CCCC1)CC(=O)Nc1cc(Cl)ccc1N. The van der Waals surface area contributed by atoms with E-state index in [2.05, 4.69) is 10.2 Å². The average molecular weight is 311 g/mol. The molecule has 1 heterocycles. The molecule has 116 valence electrons. The Balaban J connectivity index is 1.76. The number of hydrogen-bond acceptors (Lipinski definition) is 4. The number of halogens is 1. The van der Waals surface area contributed by atoms with Crippen molar-refractivity contribution in [3.8, 4) is 0 Å². The van der Waals surface area contributed by atoms with Gasteiger partial charge in [-0.3, -0.25) is 9.69 Å². The number of likely N-dealkylation sites (tertiary alicyclic amines) is 1. The standard InChI is InChI=1S/C15H23ClN4O/c1-19(8-9-20-6-2-3-7-20)11-15(21)18-14-10-12(16)4-5-13(14)17/h4-5,10H,2-3,6-9,11,17H2,1H3,(H,18,21). The summed E-state index contributed by atoms with van der Waals surface area (Å²) in [6.07, 6.45) is 2.58. The molecule has 5 nitrogen and oxygen atoms in total. The van der Waals surface area contributed by atoms with Gasteiger partial charge < -0.3 is 16.0 Å². The zero-order valence-electron chi connectivity index (χ0n) is 12.4. The molecule has 1 aliphatic rings. The number of carbonyl (C=O) groups excluding carboxylic acids is 1. The molecular weight excluding hydrogens is 288 g/mol. The summed E-state index contributed by atoms with van der Waals surface area (Å²) in [4.78, 5) is 16.5. The molecule has 1 fully saturated rings. The Labute approximate surface area is 131 Å². The lowest BCUT2D eigenvalue weighted by molar-refractivity contribution is -0.117. The maximum atomic E-state index is 12.0. The molecule has 0 atom stereocenters. The molecule has 0 bridgehead atoms. The topological polar surface area (TPSA) is 61.6 Å².